The molecule has 0 aromatic heterocycles. The molecule has 0 atom stereocenters. The van der Waals surface area contributed by atoms with Crippen molar-refractivity contribution < 1.29 is 0 Å². The molecule has 0 radical (unpaired) electrons. The van der Waals surface area contributed by atoms with Gasteiger partial charge in [-0.05, 0) is 0 Å². The first-order valence-electron chi connectivity index (χ1n) is 2.82. The third kappa shape index (κ3) is 7.17. The van der Waals surface area contributed by atoms with Gasteiger partial charge in [-0.2, -0.15) is 0 Å². The van der Waals surface area contributed by atoms with Gasteiger partial charge in [-0.3, -0.25) is 0 Å². The molecule has 0 aliphatic heterocycles. The fraction of sp³-hybridized carbons (Fsp3) is 0.500. The van der Waals surface area contributed by atoms with E-state index in [0.717, 1.165) is 0 Å². The highest BCUT2D eigenvalue weighted by Gasteiger charge is 1.70. The van der Waals surface area contributed by atoms with Gasteiger partial charge in [0.1, 0.15) is 0 Å². The molecule has 0 aliphatic rings. The summed E-state index contributed by atoms with van der Waals surface area (Å²) in [6.45, 7) is 0.546. The van der Waals surface area contributed by atoms with E-state index in [1.165, 1.54) is 0 Å². The number of hydrogen-bond donors (Lipinski definition) is 1. The zero-order chi connectivity index (χ0) is 7.11. The van der Waals surface area contributed by atoms with E-state index in [9.17, 15) is 0 Å². The van der Waals surface area contributed by atoms with Gasteiger partial charge in [-0.1, -0.05) is 6.08 Å². The topological polar surface area (TPSA) is 41.6 Å². The van der Waals surface area contributed by atoms with E-state index in [1.807, 2.05) is 19.0 Å². The van der Waals surface area contributed by atoms with Crippen LogP contribution in [0.25, 0.3) is 0 Å². The Morgan fingerprint density at radius 3 is 2.67 bits per heavy atom. The minimum Gasteiger partial charge on any atom is -0.369 e. The van der Waals surface area contributed by atoms with E-state index in [4.69, 9.17) is 5.73 Å². The summed E-state index contributed by atoms with van der Waals surface area (Å²) in [5.74, 6) is 0. The second-order valence-corrected chi connectivity index (χ2v) is 1.85. The zero-order valence-electron chi connectivity index (χ0n) is 5.91. The molecule has 52 valence electrons. The highest BCUT2D eigenvalue weighted by molar-refractivity contribution is 5.54. The van der Waals surface area contributed by atoms with Crippen molar-refractivity contribution in [2.75, 3.05) is 20.6 Å². The predicted molar refractivity (Wildman–Crippen MR) is 40.4 cm³/mol. The van der Waals surface area contributed by atoms with Crippen LogP contribution in [0.1, 0.15) is 0 Å². The van der Waals surface area contributed by atoms with Crippen molar-refractivity contribution in [1.82, 2.24) is 4.90 Å². The molecule has 0 aromatic carbocycles. The first-order chi connectivity index (χ1) is 4.27. The lowest BCUT2D eigenvalue weighted by Gasteiger charge is -1.99. The van der Waals surface area contributed by atoms with Crippen molar-refractivity contribution >= 4 is 6.34 Å². The van der Waals surface area contributed by atoms with E-state index in [2.05, 4.69) is 4.99 Å². The lowest BCUT2D eigenvalue weighted by Crippen LogP contribution is -2.06. The van der Waals surface area contributed by atoms with Crippen LogP contribution in [0.5, 0.6) is 0 Å². The maximum Gasteiger partial charge on any atom is 0.0899 e. The smallest absolute Gasteiger partial charge is 0.0899 e. The van der Waals surface area contributed by atoms with Gasteiger partial charge in [0, 0.05) is 26.8 Å². The number of rotatable bonds is 3. The molecule has 2 N–H and O–H groups in total. The molecule has 0 aliphatic carbocycles. The van der Waals surface area contributed by atoms with Crippen LogP contribution < -0.4 is 5.73 Å². The van der Waals surface area contributed by atoms with E-state index in [1.54, 1.807) is 18.6 Å². The molecule has 0 bridgehead atoms. The minimum absolute atomic E-state index is 0.546. The molecule has 0 aromatic rings. The molecule has 9 heavy (non-hydrogen) atoms. The van der Waals surface area contributed by atoms with Crippen LogP contribution in [0.15, 0.2) is 17.3 Å². The molecule has 0 saturated carbocycles. The molecular weight excluding hydrogens is 114 g/mol. The van der Waals surface area contributed by atoms with Crippen molar-refractivity contribution in [2.24, 2.45) is 10.7 Å². The summed E-state index contributed by atoms with van der Waals surface area (Å²) in [6.07, 6.45) is 5.19. The summed E-state index contributed by atoms with van der Waals surface area (Å²) in [6, 6.07) is 0. The van der Waals surface area contributed by atoms with Gasteiger partial charge >= 0.3 is 0 Å². The van der Waals surface area contributed by atoms with Crippen LogP contribution in [0.2, 0.25) is 0 Å². The molecule has 0 fully saturated rings. The summed E-state index contributed by atoms with van der Waals surface area (Å²) >= 11 is 0. The van der Waals surface area contributed by atoms with Crippen molar-refractivity contribution in [2.45, 2.75) is 0 Å². The lowest BCUT2D eigenvalue weighted by molar-refractivity contribution is 0.643. The van der Waals surface area contributed by atoms with Gasteiger partial charge in [-0.15, -0.1) is 0 Å². The SMILES string of the molecule is CN(C)C=N/C=C/CN. The quantitative estimate of drug-likeness (QED) is 0.430. The molecule has 3 nitrogen and oxygen atoms in total. The summed E-state index contributed by atoms with van der Waals surface area (Å²) in [7, 11) is 3.83. The maximum absolute atomic E-state index is 5.17. The van der Waals surface area contributed by atoms with Crippen LogP contribution in [-0.4, -0.2) is 31.9 Å². The Bertz CT molecular complexity index is 105. The van der Waals surface area contributed by atoms with E-state index in [0.29, 0.717) is 6.54 Å². The van der Waals surface area contributed by atoms with Crippen LogP contribution in [-0.2, 0) is 0 Å². The van der Waals surface area contributed by atoms with Gasteiger partial charge in [0.15, 0.2) is 0 Å². The largest absolute Gasteiger partial charge is 0.369 e. The summed E-state index contributed by atoms with van der Waals surface area (Å²) in [5.41, 5.74) is 5.17. The average Bonchev–Trinajstić information content (AvgIpc) is 1.80. The fourth-order valence-electron chi connectivity index (χ4n) is 0.294. The summed E-state index contributed by atoms with van der Waals surface area (Å²) in [4.78, 5) is 5.76. The first kappa shape index (κ1) is 8.17. The van der Waals surface area contributed by atoms with Crippen molar-refractivity contribution in [3.63, 3.8) is 0 Å². The second-order valence-electron chi connectivity index (χ2n) is 1.85. The normalized spacial score (nSPS) is 11.4. The van der Waals surface area contributed by atoms with Crippen molar-refractivity contribution in [3.05, 3.63) is 12.3 Å². The number of nitrogens with two attached hydrogens (primary N) is 1. The maximum atomic E-state index is 5.17. The van der Waals surface area contributed by atoms with Crippen molar-refractivity contribution in [3.8, 4) is 0 Å². The van der Waals surface area contributed by atoms with Gasteiger partial charge in [0.05, 0.1) is 6.34 Å². The summed E-state index contributed by atoms with van der Waals surface area (Å²) < 4.78 is 0. The van der Waals surface area contributed by atoms with Crippen LogP contribution in [0.4, 0.5) is 0 Å². The Morgan fingerprint density at radius 2 is 2.22 bits per heavy atom. The van der Waals surface area contributed by atoms with E-state index < -0.39 is 0 Å². The van der Waals surface area contributed by atoms with E-state index >= 15 is 0 Å². The second kappa shape index (κ2) is 5.31. The third-order valence-corrected chi connectivity index (χ3v) is 0.625. The highest BCUT2D eigenvalue weighted by Crippen LogP contribution is 1.71. The molecular formula is C6H13N3. The predicted octanol–water partition coefficient (Wildman–Crippen LogP) is 0.0487. The average molecular weight is 127 g/mol. The molecule has 0 rings (SSSR count). The Morgan fingerprint density at radius 1 is 1.56 bits per heavy atom. The standard InChI is InChI=1S/C6H13N3/c1-9(2)6-8-5-3-4-7/h3,5-6H,4,7H2,1-2H3/b5-3+,8-6?. The fourth-order valence-corrected chi connectivity index (χ4v) is 0.294. The van der Waals surface area contributed by atoms with Gasteiger partial charge in [0.2, 0.25) is 0 Å². The number of nitrogens with zero attached hydrogens (tertiary/aromatic N) is 2. The van der Waals surface area contributed by atoms with Crippen molar-refractivity contribution in [1.29, 1.82) is 0 Å². The molecule has 0 unspecified atom stereocenters. The Balaban J connectivity index is 3.35. The molecule has 0 heterocycles. The monoisotopic (exact) mass is 127 g/mol. The third-order valence-electron chi connectivity index (χ3n) is 0.625. The van der Waals surface area contributed by atoms with Gasteiger partial charge < -0.3 is 10.6 Å². The molecule has 0 spiro atoms. The Labute approximate surface area is 55.9 Å². The lowest BCUT2D eigenvalue weighted by atomic mass is 10.6. The minimum atomic E-state index is 0.546. The first-order valence-corrected chi connectivity index (χ1v) is 2.82. The summed E-state index contributed by atoms with van der Waals surface area (Å²) in [5, 5.41) is 0. The van der Waals surface area contributed by atoms with Gasteiger partial charge in [0.25, 0.3) is 0 Å². The van der Waals surface area contributed by atoms with E-state index in [-0.39, 0.29) is 0 Å². The number of hydrogen-bond acceptors (Lipinski definition) is 2. The van der Waals surface area contributed by atoms with Crippen LogP contribution in [0.3, 0.4) is 0 Å². The highest BCUT2D eigenvalue weighted by atomic mass is 15.1. The zero-order valence-corrected chi connectivity index (χ0v) is 5.91. The molecule has 3 heteroatoms. The Hall–Kier alpha value is -0.830. The van der Waals surface area contributed by atoms with Crippen LogP contribution >= 0.6 is 0 Å². The van der Waals surface area contributed by atoms with Gasteiger partial charge in [-0.25, -0.2) is 4.99 Å². The molecule has 0 saturated heterocycles. The molecule has 0 amide bonds. The number of aliphatic imine (C=N–C) groups is 1. The van der Waals surface area contributed by atoms with Crippen LogP contribution in [0, 0.1) is 0 Å². The Kier molecular flexibility index (Phi) is 4.82.